The van der Waals surface area contributed by atoms with Crippen LogP contribution in [0.5, 0.6) is 0 Å². The zero-order valence-corrected chi connectivity index (χ0v) is 10.4. The second kappa shape index (κ2) is 5.37. The summed E-state index contributed by atoms with van der Waals surface area (Å²) in [6, 6.07) is 4.19. The van der Waals surface area contributed by atoms with Crippen LogP contribution in [0.25, 0.3) is 10.7 Å². The molecule has 0 saturated carbocycles. The van der Waals surface area contributed by atoms with Gasteiger partial charge in [0.05, 0.1) is 4.88 Å². The summed E-state index contributed by atoms with van der Waals surface area (Å²) in [5.74, 6) is 3.44. The third-order valence-electron chi connectivity index (χ3n) is 2.14. The minimum Gasteiger partial charge on any atom is -0.329 e. The summed E-state index contributed by atoms with van der Waals surface area (Å²) < 4.78 is 2.23. The molecule has 15 heavy (non-hydrogen) atoms. The summed E-state index contributed by atoms with van der Waals surface area (Å²) in [5.41, 5.74) is 0. The van der Waals surface area contributed by atoms with Crippen LogP contribution in [0.2, 0.25) is 0 Å². The highest BCUT2D eigenvalue weighted by Crippen LogP contribution is 2.22. The Kier molecular flexibility index (Phi) is 3.86. The van der Waals surface area contributed by atoms with E-state index in [-0.39, 0.29) is 0 Å². The predicted octanol–water partition coefficient (Wildman–Crippen LogP) is 3.36. The Morgan fingerprint density at radius 3 is 3.20 bits per heavy atom. The van der Waals surface area contributed by atoms with E-state index in [0.29, 0.717) is 0 Å². The van der Waals surface area contributed by atoms with Crippen LogP contribution in [0.1, 0.15) is 6.92 Å². The van der Waals surface area contributed by atoms with Gasteiger partial charge in [0.15, 0.2) is 0 Å². The van der Waals surface area contributed by atoms with E-state index in [1.165, 1.54) is 10.6 Å². The molecule has 0 bridgehead atoms. The van der Waals surface area contributed by atoms with Crippen molar-refractivity contribution in [1.82, 2.24) is 9.55 Å². The van der Waals surface area contributed by atoms with Crippen molar-refractivity contribution < 1.29 is 0 Å². The smallest absolute Gasteiger partial charge is 0.150 e. The van der Waals surface area contributed by atoms with Gasteiger partial charge in [-0.1, -0.05) is 13.0 Å². The van der Waals surface area contributed by atoms with E-state index in [9.17, 15) is 0 Å². The van der Waals surface area contributed by atoms with Gasteiger partial charge in [0.1, 0.15) is 5.82 Å². The summed E-state index contributed by atoms with van der Waals surface area (Å²) in [4.78, 5) is 5.65. The van der Waals surface area contributed by atoms with Gasteiger partial charge in [-0.25, -0.2) is 4.98 Å². The highest BCUT2D eigenvalue weighted by Gasteiger charge is 2.05. The first-order valence-corrected chi connectivity index (χ1v) is 7.08. The molecule has 80 valence electrons. The Bertz CT molecular complexity index is 392. The molecule has 0 atom stereocenters. The van der Waals surface area contributed by atoms with Crippen molar-refractivity contribution in [1.29, 1.82) is 0 Å². The van der Waals surface area contributed by atoms with Gasteiger partial charge in [-0.2, -0.15) is 11.8 Å². The molecule has 0 aliphatic carbocycles. The van der Waals surface area contributed by atoms with Gasteiger partial charge in [-0.3, -0.25) is 0 Å². The monoisotopic (exact) mass is 238 g/mol. The van der Waals surface area contributed by atoms with Crippen molar-refractivity contribution >= 4 is 23.1 Å². The van der Waals surface area contributed by atoms with Crippen LogP contribution < -0.4 is 0 Å². The Morgan fingerprint density at radius 2 is 2.47 bits per heavy atom. The average Bonchev–Trinajstić information content (AvgIpc) is 2.87. The Hall–Kier alpha value is -0.740. The zero-order valence-electron chi connectivity index (χ0n) is 8.72. The van der Waals surface area contributed by atoms with E-state index in [2.05, 4.69) is 40.2 Å². The maximum atomic E-state index is 4.40. The van der Waals surface area contributed by atoms with Gasteiger partial charge in [-0.15, -0.1) is 11.3 Å². The SMILES string of the molecule is CCSCCn1ccnc1-c1cccs1. The molecule has 2 aromatic heterocycles. The molecular weight excluding hydrogens is 224 g/mol. The first-order valence-electron chi connectivity index (χ1n) is 5.04. The van der Waals surface area contributed by atoms with Crippen molar-refractivity contribution in [2.75, 3.05) is 11.5 Å². The van der Waals surface area contributed by atoms with Gasteiger partial charge in [0.25, 0.3) is 0 Å². The van der Waals surface area contributed by atoms with Crippen LogP contribution in [0.15, 0.2) is 29.9 Å². The van der Waals surface area contributed by atoms with Gasteiger partial charge in [0, 0.05) is 24.7 Å². The van der Waals surface area contributed by atoms with E-state index < -0.39 is 0 Å². The van der Waals surface area contributed by atoms with E-state index in [1.54, 1.807) is 11.3 Å². The molecule has 0 N–H and O–H groups in total. The normalized spacial score (nSPS) is 10.7. The van der Waals surface area contributed by atoms with E-state index in [4.69, 9.17) is 0 Å². The molecule has 0 saturated heterocycles. The summed E-state index contributed by atoms with van der Waals surface area (Å²) in [6.07, 6.45) is 3.94. The van der Waals surface area contributed by atoms with E-state index >= 15 is 0 Å². The number of hydrogen-bond acceptors (Lipinski definition) is 3. The number of aryl methyl sites for hydroxylation is 1. The Morgan fingerprint density at radius 1 is 1.53 bits per heavy atom. The lowest BCUT2D eigenvalue weighted by atomic mass is 10.4. The number of imidazole rings is 1. The van der Waals surface area contributed by atoms with Crippen molar-refractivity contribution in [3.05, 3.63) is 29.9 Å². The van der Waals surface area contributed by atoms with Crippen molar-refractivity contribution in [2.45, 2.75) is 13.5 Å². The summed E-state index contributed by atoms with van der Waals surface area (Å²) >= 11 is 3.71. The summed E-state index contributed by atoms with van der Waals surface area (Å²) in [5, 5.41) is 2.09. The molecular formula is C11H14N2S2. The van der Waals surface area contributed by atoms with Gasteiger partial charge >= 0.3 is 0 Å². The molecule has 0 radical (unpaired) electrons. The zero-order chi connectivity index (χ0) is 10.5. The number of nitrogens with zero attached hydrogens (tertiary/aromatic N) is 2. The first kappa shape index (κ1) is 10.8. The fraction of sp³-hybridized carbons (Fsp3) is 0.364. The topological polar surface area (TPSA) is 17.8 Å². The molecule has 2 rings (SSSR count). The molecule has 0 aliphatic rings. The van der Waals surface area contributed by atoms with Gasteiger partial charge < -0.3 is 4.57 Å². The molecule has 2 heterocycles. The lowest BCUT2D eigenvalue weighted by Crippen LogP contribution is -2.01. The highest BCUT2D eigenvalue weighted by molar-refractivity contribution is 7.99. The highest BCUT2D eigenvalue weighted by atomic mass is 32.2. The van der Waals surface area contributed by atoms with Crippen LogP contribution in [0.4, 0.5) is 0 Å². The van der Waals surface area contributed by atoms with E-state index in [1.807, 2.05) is 18.0 Å². The second-order valence-electron chi connectivity index (χ2n) is 3.12. The third kappa shape index (κ3) is 2.63. The van der Waals surface area contributed by atoms with Crippen LogP contribution >= 0.6 is 23.1 Å². The fourth-order valence-electron chi connectivity index (χ4n) is 1.43. The lowest BCUT2D eigenvalue weighted by molar-refractivity contribution is 0.781. The van der Waals surface area contributed by atoms with Crippen molar-refractivity contribution in [3.63, 3.8) is 0 Å². The quantitative estimate of drug-likeness (QED) is 0.743. The standard InChI is InChI=1S/C11H14N2S2/c1-2-14-9-7-13-6-5-12-11(13)10-4-3-8-15-10/h3-6,8H,2,7,9H2,1H3. The maximum Gasteiger partial charge on any atom is 0.150 e. The molecule has 0 spiro atoms. The second-order valence-corrected chi connectivity index (χ2v) is 5.46. The molecule has 0 unspecified atom stereocenters. The van der Waals surface area contributed by atoms with E-state index in [0.717, 1.165) is 18.1 Å². The van der Waals surface area contributed by atoms with Crippen molar-refractivity contribution in [2.24, 2.45) is 0 Å². The van der Waals surface area contributed by atoms with Gasteiger partial charge in [-0.05, 0) is 17.2 Å². The molecule has 2 nitrogen and oxygen atoms in total. The van der Waals surface area contributed by atoms with Gasteiger partial charge in [0.2, 0.25) is 0 Å². The lowest BCUT2D eigenvalue weighted by Gasteiger charge is -2.05. The number of thiophene rings is 1. The number of aromatic nitrogens is 2. The summed E-state index contributed by atoms with van der Waals surface area (Å²) in [7, 11) is 0. The minimum atomic E-state index is 1.05. The van der Waals surface area contributed by atoms with Crippen LogP contribution in [-0.4, -0.2) is 21.1 Å². The predicted molar refractivity (Wildman–Crippen MR) is 68.5 cm³/mol. The molecule has 0 amide bonds. The Balaban J connectivity index is 2.09. The minimum absolute atomic E-state index is 1.05. The van der Waals surface area contributed by atoms with Crippen molar-refractivity contribution in [3.8, 4) is 10.7 Å². The summed E-state index contributed by atoms with van der Waals surface area (Å²) in [6.45, 7) is 3.24. The largest absolute Gasteiger partial charge is 0.329 e. The molecule has 0 aromatic carbocycles. The maximum absolute atomic E-state index is 4.40. The molecule has 2 aromatic rings. The third-order valence-corrected chi connectivity index (χ3v) is 3.88. The van der Waals surface area contributed by atoms with Crippen LogP contribution in [0, 0.1) is 0 Å². The molecule has 0 fully saturated rings. The van der Waals surface area contributed by atoms with Crippen LogP contribution in [-0.2, 0) is 6.54 Å². The average molecular weight is 238 g/mol. The molecule has 0 aliphatic heterocycles. The Labute approximate surface area is 98.4 Å². The number of hydrogen-bond donors (Lipinski definition) is 0. The fourth-order valence-corrected chi connectivity index (χ4v) is 2.78. The molecule has 4 heteroatoms. The number of rotatable bonds is 5. The van der Waals surface area contributed by atoms with Crippen LogP contribution in [0.3, 0.4) is 0 Å². The first-order chi connectivity index (χ1) is 7.42. The number of thioether (sulfide) groups is 1.